The molecule has 0 aromatic carbocycles. The van der Waals surface area contributed by atoms with Crippen molar-refractivity contribution in [2.24, 2.45) is 10.8 Å². The van der Waals surface area contributed by atoms with Crippen LogP contribution in [0.1, 0.15) is 61.3 Å². The summed E-state index contributed by atoms with van der Waals surface area (Å²) in [5.41, 5.74) is 0.260. The van der Waals surface area contributed by atoms with Gasteiger partial charge in [-0.1, -0.05) is 20.8 Å². The molecule has 94 valence electrons. The third kappa shape index (κ3) is 7.70. The Kier molecular flexibility index (Phi) is 5.01. The second-order valence-corrected chi connectivity index (χ2v) is 7.29. The summed E-state index contributed by atoms with van der Waals surface area (Å²) in [5.74, 6) is 0. The highest BCUT2D eigenvalue weighted by Gasteiger charge is 2.25. The smallest absolute Gasteiger partial charge is 0.0684 e. The van der Waals surface area contributed by atoms with E-state index in [9.17, 15) is 0 Å². The van der Waals surface area contributed by atoms with Gasteiger partial charge in [0.2, 0.25) is 0 Å². The molecule has 0 heterocycles. The predicted octanol–water partition coefficient (Wildman–Crippen LogP) is 3.73. The maximum atomic E-state index is 8.93. The van der Waals surface area contributed by atoms with Gasteiger partial charge in [0, 0.05) is 5.54 Å². The Bertz CT molecular complexity index is 251. The monoisotopic (exact) mass is 224 g/mol. The van der Waals surface area contributed by atoms with Gasteiger partial charge in [0.15, 0.2) is 0 Å². The van der Waals surface area contributed by atoms with Crippen molar-refractivity contribution in [3.63, 3.8) is 0 Å². The molecule has 0 aromatic heterocycles. The fourth-order valence-electron chi connectivity index (χ4n) is 2.16. The molecule has 0 amide bonds. The molecule has 2 heteroatoms. The van der Waals surface area contributed by atoms with Crippen LogP contribution in [0.2, 0.25) is 0 Å². The van der Waals surface area contributed by atoms with E-state index in [0.717, 1.165) is 19.4 Å². The molecule has 0 bridgehead atoms. The van der Waals surface area contributed by atoms with Crippen molar-refractivity contribution in [2.75, 3.05) is 6.54 Å². The van der Waals surface area contributed by atoms with Crippen LogP contribution in [-0.2, 0) is 0 Å². The number of nitriles is 1. The van der Waals surface area contributed by atoms with Gasteiger partial charge in [0.05, 0.1) is 11.5 Å². The Labute approximate surface area is 101 Å². The van der Waals surface area contributed by atoms with Crippen molar-refractivity contribution >= 4 is 0 Å². The lowest BCUT2D eigenvalue weighted by molar-refractivity contribution is 0.235. The largest absolute Gasteiger partial charge is 0.312 e. The lowest BCUT2D eigenvalue weighted by Gasteiger charge is -2.34. The van der Waals surface area contributed by atoms with Crippen molar-refractivity contribution in [3.8, 4) is 6.07 Å². The van der Waals surface area contributed by atoms with Gasteiger partial charge in [-0.3, -0.25) is 0 Å². The van der Waals surface area contributed by atoms with Gasteiger partial charge in [0.25, 0.3) is 0 Å². The number of nitrogens with zero attached hydrogens (tertiary/aromatic N) is 1. The Morgan fingerprint density at radius 2 is 1.50 bits per heavy atom. The second kappa shape index (κ2) is 5.19. The molecule has 0 aliphatic carbocycles. The van der Waals surface area contributed by atoms with E-state index in [0.29, 0.717) is 5.41 Å². The summed E-state index contributed by atoms with van der Waals surface area (Å²) < 4.78 is 0. The number of nitrogens with one attached hydrogen (secondary N) is 1. The van der Waals surface area contributed by atoms with Crippen LogP contribution >= 0.6 is 0 Å². The zero-order valence-electron chi connectivity index (χ0n) is 12.1. The number of hydrogen-bond donors (Lipinski definition) is 1. The first-order chi connectivity index (χ1) is 6.97. The Morgan fingerprint density at radius 1 is 1.00 bits per heavy atom. The summed E-state index contributed by atoms with van der Waals surface area (Å²) in [6.07, 6.45) is 2.03. The molecule has 0 atom stereocenters. The molecule has 0 aliphatic heterocycles. The van der Waals surface area contributed by atoms with E-state index in [1.54, 1.807) is 0 Å². The molecular weight excluding hydrogens is 196 g/mol. The van der Waals surface area contributed by atoms with Crippen molar-refractivity contribution in [1.82, 2.24) is 5.32 Å². The van der Waals surface area contributed by atoms with Crippen LogP contribution in [0.5, 0.6) is 0 Å². The minimum atomic E-state index is -0.217. The molecule has 0 rings (SSSR count). The molecule has 0 fully saturated rings. The average molecular weight is 224 g/mol. The molecule has 0 saturated carbocycles. The standard InChI is InChI=1S/C14H28N2/c1-12(2,3)10-14(6,7)16-9-8-13(4,5)11-15/h16H,8-10H2,1-7H3. The van der Waals surface area contributed by atoms with Crippen LogP contribution in [0.4, 0.5) is 0 Å². The zero-order chi connectivity index (χ0) is 13.0. The molecular formula is C14H28N2. The quantitative estimate of drug-likeness (QED) is 0.772. The third-order valence-corrected chi connectivity index (χ3v) is 2.63. The maximum absolute atomic E-state index is 8.93. The Hall–Kier alpha value is -0.550. The summed E-state index contributed by atoms with van der Waals surface area (Å²) in [7, 11) is 0. The van der Waals surface area contributed by atoms with Crippen LogP contribution in [-0.4, -0.2) is 12.1 Å². The van der Waals surface area contributed by atoms with Gasteiger partial charge in [-0.05, 0) is 52.5 Å². The van der Waals surface area contributed by atoms with Gasteiger partial charge in [-0.25, -0.2) is 0 Å². The first kappa shape index (κ1) is 15.4. The van der Waals surface area contributed by atoms with E-state index in [2.05, 4.69) is 46.0 Å². The van der Waals surface area contributed by atoms with Gasteiger partial charge < -0.3 is 5.32 Å². The highest BCUT2D eigenvalue weighted by Crippen LogP contribution is 2.27. The average Bonchev–Trinajstić information content (AvgIpc) is 1.98. The minimum absolute atomic E-state index is 0.143. The van der Waals surface area contributed by atoms with Crippen LogP contribution < -0.4 is 5.32 Å². The predicted molar refractivity (Wildman–Crippen MR) is 70.2 cm³/mol. The maximum Gasteiger partial charge on any atom is 0.0684 e. The minimum Gasteiger partial charge on any atom is -0.312 e. The molecule has 2 nitrogen and oxygen atoms in total. The Morgan fingerprint density at radius 3 is 1.88 bits per heavy atom. The molecule has 0 unspecified atom stereocenters. The fraction of sp³-hybridized carbons (Fsp3) is 0.929. The van der Waals surface area contributed by atoms with Gasteiger partial charge in [-0.15, -0.1) is 0 Å². The summed E-state index contributed by atoms with van der Waals surface area (Å²) in [4.78, 5) is 0. The van der Waals surface area contributed by atoms with Crippen LogP contribution in [0.3, 0.4) is 0 Å². The van der Waals surface area contributed by atoms with Gasteiger partial charge >= 0.3 is 0 Å². The molecule has 16 heavy (non-hydrogen) atoms. The van der Waals surface area contributed by atoms with E-state index in [-0.39, 0.29) is 11.0 Å². The van der Waals surface area contributed by atoms with Crippen molar-refractivity contribution in [3.05, 3.63) is 0 Å². The first-order valence-corrected chi connectivity index (χ1v) is 6.14. The van der Waals surface area contributed by atoms with Crippen molar-refractivity contribution < 1.29 is 0 Å². The summed E-state index contributed by atoms with van der Waals surface area (Å²) >= 11 is 0. The van der Waals surface area contributed by atoms with E-state index >= 15 is 0 Å². The molecule has 0 saturated heterocycles. The SMILES string of the molecule is CC(C)(C)CC(C)(C)NCCC(C)(C)C#N. The molecule has 0 radical (unpaired) electrons. The lowest BCUT2D eigenvalue weighted by Crippen LogP contribution is -2.43. The number of rotatable bonds is 5. The van der Waals surface area contributed by atoms with Crippen molar-refractivity contribution in [2.45, 2.75) is 66.8 Å². The van der Waals surface area contributed by atoms with E-state index in [4.69, 9.17) is 5.26 Å². The van der Waals surface area contributed by atoms with E-state index < -0.39 is 0 Å². The zero-order valence-corrected chi connectivity index (χ0v) is 12.1. The molecule has 0 aliphatic rings. The summed E-state index contributed by atoms with van der Waals surface area (Å²) in [6.45, 7) is 16.1. The number of hydrogen-bond acceptors (Lipinski definition) is 2. The topological polar surface area (TPSA) is 35.8 Å². The normalized spacial score (nSPS) is 13.6. The van der Waals surface area contributed by atoms with Crippen LogP contribution in [0.15, 0.2) is 0 Å². The van der Waals surface area contributed by atoms with Gasteiger partial charge in [-0.2, -0.15) is 5.26 Å². The van der Waals surface area contributed by atoms with Crippen LogP contribution in [0, 0.1) is 22.2 Å². The highest BCUT2D eigenvalue weighted by atomic mass is 15.0. The Balaban J connectivity index is 4.07. The third-order valence-electron chi connectivity index (χ3n) is 2.63. The van der Waals surface area contributed by atoms with E-state index in [1.807, 2.05) is 13.8 Å². The first-order valence-electron chi connectivity index (χ1n) is 6.14. The van der Waals surface area contributed by atoms with Gasteiger partial charge in [0.1, 0.15) is 0 Å². The highest BCUT2D eigenvalue weighted by molar-refractivity contribution is 4.93. The van der Waals surface area contributed by atoms with Crippen LogP contribution in [0.25, 0.3) is 0 Å². The molecule has 0 aromatic rings. The lowest BCUT2D eigenvalue weighted by atomic mass is 9.81. The van der Waals surface area contributed by atoms with E-state index in [1.165, 1.54) is 0 Å². The molecule has 1 N–H and O–H groups in total. The summed E-state index contributed by atoms with van der Waals surface area (Å²) in [6, 6.07) is 2.34. The molecule has 0 spiro atoms. The van der Waals surface area contributed by atoms with Crippen molar-refractivity contribution in [1.29, 1.82) is 5.26 Å². The summed E-state index contributed by atoms with van der Waals surface area (Å²) in [5, 5.41) is 12.5. The fourth-order valence-corrected chi connectivity index (χ4v) is 2.16. The second-order valence-electron chi connectivity index (χ2n) is 7.29.